The molecule has 1 aromatic carbocycles. The minimum atomic E-state index is -5.00. The van der Waals surface area contributed by atoms with Crippen LogP contribution >= 0.6 is 0 Å². The smallest absolute Gasteiger partial charge is 0.373 e. The van der Waals surface area contributed by atoms with Gasteiger partial charge in [-0.25, -0.2) is 0 Å². The molecule has 1 aromatic rings. The van der Waals surface area contributed by atoms with Crippen LogP contribution in [0.5, 0.6) is 0 Å². The van der Waals surface area contributed by atoms with Gasteiger partial charge in [0, 0.05) is 19.1 Å². The fourth-order valence-corrected chi connectivity index (χ4v) is 3.99. The summed E-state index contributed by atoms with van der Waals surface area (Å²) >= 11 is 0. The number of halogens is 3. The van der Waals surface area contributed by atoms with Gasteiger partial charge in [-0.15, -0.1) is 0 Å². The van der Waals surface area contributed by atoms with E-state index >= 15 is 0 Å². The van der Waals surface area contributed by atoms with Crippen molar-refractivity contribution in [2.75, 3.05) is 13.1 Å². The predicted molar refractivity (Wildman–Crippen MR) is 101 cm³/mol. The number of benzene rings is 1. The molecule has 0 aromatic heterocycles. The second-order valence-corrected chi connectivity index (χ2v) is 9.15. The molecule has 2 aliphatic rings. The monoisotopic (exact) mass is 398 g/mol. The normalized spacial score (nSPS) is 22.7. The van der Waals surface area contributed by atoms with Crippen molar-refractivity contribution in [3.63, 3.8) is 0 Å². The molecule has 0 spiro atoms. The number of fused-ring (bicyclic) bond motifs is 1. The molecule has 7 heteroatoms. The maximum Gasteiger partial charge on any atom is 0.426 e. The molecule has 1 unspecified atom stereocenters. The van der Waals surface area contributed by atoms with E-state index in [0.717, 1.165) is 41.0 Å². The summed E-state index contributed by atoms with van der Waals surface area (Å²) in [4.78, 5) is 13.6. The molecule has 2 atom stereocenters. The quantitative estimate of drug-likeness (QED) is 0.800. The summed E-state index contributed by atoms with van der Waals surface area (Å²) in [5.74, 6) is -1.28. The minimum Gasteiger partial charge on any atom is -0.373 e. The Morgan fingerprint density at radius 3 is 2.43 bits per heavy atom. The topological polar surface area (TPSA) is 52.6 Å². The third-order valence-corrected chi connectivity index (χ3v) is 5.93. The largest absolute Gasteiger partial charge is 0.426 e. The SMILES string of the molecule is CC(C)(C)c1cc2c(c([C@@H]3CCCN3)c1)CN(C(=O)C(C)(O)C(F)(F)F)CC2. The van der Waals surface area contributed by atoms with Crippen LogP contribution in [0.1, 0.15) is 68.8 Å². The van der Waals surface area contributed by atoms with E-state index in [2.05, 4.69) is 38.2 Å². The van der Waals surface area contributed by atoms with E-state index in [1.165, 1.54) is 5.56 Å². The first kappa shape index (κ1) is 21.1. The highest BCUT2D eigenvalue weighted by atomic mass is 19.4. The number of carbonyl (C=O) groups is 1. The average molecular weight is 398 g/mol. The van der Waals surface area contributed by atoms with Crippen LogP contribution in [-0.4, -0.2) is 40.8 Å². The molecule has 1 amide bonds. The highest BCUT2D eigenvalue weighted by Crippen LogP contribution is 2.38. The molecular weight excluding hydrogens is 369 g/mol. The molecule has 1 fully saturated rings. The second kappa shape index (κ2) is 7.02. The summed E-state index contributed by atoms with van der Waals surface area (Å²) < 4.78 is 39.4. The maximum absolute atomic E-state index is 13.1. The van der Waals surface area contributed by atoms with Crippen LogP contribution in [0, 0.1) is 0 Å². The predicted octanol–water partition coefficient (Wildman–Crippen LogP) is 3.61. The van der Waals surface area contributed by atoms with Gasteiger partial charge in [0.2, 0.25) is 5.60 Å². The molecule has 0 bridgehead atoms. The summed E-state index contributed by atoms with van der Waals surface area (Å²) in [6.45, 7) is 8.12. The van der Waals surface area contributed by atoms with Crippen LogP contribution < -0.4 is 5.32 Å². The van der Waals surface area contributed by atoms with E-state index < -0.39 is 17.7 Å². The Hall–Kier alpha value is -1.60. The Balaban J connectivity index is 1.99. The van der Waals surface area contributed by atoms with E-state index in [4.69, 9.17) is 0 Å². The molecular formula is C21H29F3N2O2. The molecule has 4 nitrogen and oxygen atoms in total. The van der Waals surface area contributed by atoms with Gasteiger partial charge in [0.15, 0.2) is 0 Å². The number of alkyl halides is 3. The number of nitrogens with zero attached hydrogens (tertiary/aromatic N) is 1. The van der Waals surface area contributed by atoms with Crippen molar-refractivity contribution in [3.05, 3.63) is 34.4 Å². The Bertz CT molecular complexity index is 760. The highest BCUT2D eigenvalue weighted by Gasteiger charge is 2.57. The average Bonchev–Trinajstić information content (AvgIpc) is 3.12. The van der Waals surface area contributed by atoms with E-state index in [1.54, 1.807) is 0 Å². The molecule has 2 aliphatic heterocycles. The number of hydrogen-bond acceptors (Lipinski definition) is 3. The van der Waals surface area contributed by atoms with Gasteiger partial charge in [0.25, 0.3) is 5.91 Å². The molecule has 28 heavy (non-hydrogen) atoms. The van der Waals surface area contributed by atoms with Gasteiger partial charge < -0.3 is 15.3 Å². The van der Waals surface area contributed by atoms with Gasteiger partial charge >= 0.3 is 6.18 Å². The summed E-state index contributed by atoms with van der Waals surface area (Å²) in [6, 6.07) is 4.41. The Morgan fingerprint density at radius 1 is 1.21 bits per heavy atom. The highest BCUT2D eigenvalue weighted by molar-refractivity contribution is 5.85. The zero-order valence-corrected chi connectivity index (χ0v) is 16.9. The molecule has 3 rings (SSSR count). The van der Waals surface area contributed by atoms with Crippen LogP contribution in [0.25, 0.3) is 0 Å². The minimum absolute atomic E-state index is 0.0463. The van der Waals surface area contributed by atoms with Crippen molar-refractivity contribution < 1.29 is 23.1 Å². The summed E-state index contributed by atoms with van der Waals surface area (Å²) in [5.41, 5.74) is 0.856. The Labute approximate surface area is 164 Å². The van der Waals surface area contributed by atoms with Crippen molar-refractivity contribution in [1.29, 1.82) is 0 Å². The molecule has 2 heterocycles. The number of aliphatic hydroxyl groups is 1. The van der Waals surface area contributed by atoms with E-state index in [1.807, 2.05) is 0 Å². The van der Waals surface area contributed by atoms with Gasteiger partial charge in [-0.1, -0.05) is 32.9 Å². The fourth-order valence-electron chi connectivity index (χ4n) is 3.99. The van der Waals surface area contributed by atoms with Crippen molar-refractivity contribution in [2.45, 2.75) is 76.7 Å². The van der Waals surface area contributed by atoms with Crippen LogP contribution in [0.2, 0.25) is 0 Å². The third-order valence-electron chi connectivity index (χ3n) is 5.93. The van der Waals surface area contributed by atoms with E-state index in [0.29, 0.717) is 13.3 Å². The molecule has 156 valence electrons. The third kappa shape index (κ3) is 3.79. The summed E-state index contributed by atoms with van der Waals surface area (Å²) in [5, 5.41) is 13.3. The number of hydrogen-bond donors (Lipinski definition) is 2. The van der Waals surface area contributed by atoms with Crippen LogP contribution in [0.3, 0.4) is 0 Å². The van der Waals surface area contributed by atoms with Gasteiger partial charge in [0.05, 0.1) is 0 Å². The molecule has 0 saturated carbocycles. The van der Waals surface area contributed by atoms with E-state index in [-0.39, 0.29) is 24.5 Å². The lowest BCUT2D eigenvalue weighted by atomic mass is 9.80. The molecule has 0 aliphatic carbocycles. The zero-order chi connectivity index (χ0) is 20.9. The standard InChI is InChI=1S/C21H29F3N2O2/c1-19(2,3)14-10-13-7-9-26(18(27)20(4,28)21(22,23)24)12-16(13)15(11-14)17-6-5-8-25-17/h10-11,17,25,28H,5-9,12H2,1-4H3/t17-,20?/m0/s1. The van der Waals surface area contributed by atoms with E-state index in [9.17, 15) is 23.1 Å². The Kier molecular flexibility index (Phi) is 5.30. The van der Waals surface area contributed by atoms with Crippen molar-refractivity contribution in [1.82, 2.24) is 10.2 Å². The lowest BCUT2D eigenvalue weighted by Gasteiger charge is -2.37. The van der Waals surface area contributed by atoms with Crippen LogP contribution in [0.4, 0.5) is 13.2 Å². The number of nitrogens with one attached hydrogen (secondary N) is 1. The number of amides is 1. The van der Waals surface area contributed by atoms with Gasteiger partial charge in [0.1, 0.15) is 0 Å². The molecule has 0 radical (unpaired) electrons. The second-order valence-electron chi connectivity index (χ2n) is 9.15. The molecule has 1 saturated heterocycles. The Morgan fingerprint density at radius 2 is 1.89 bits per heavy atom. The first-order valence-electron chi connectivity index (χ1n) is 9.80. The first-order chi connectivity index (χ1) is 12.8. The maximum atomic E-state index is 13.1. The lowest BCUT2D eigenvalue weighted by Crippen LogP contribution is -2.56. The van der Waals surface area contributed by atoms with Crippen molar-refractivity contribution in [3.8, 4) is 0 Å². The van der Waals surface area contributed by atoms with Gasteiger partial charge in [-0.2, -0.15) is 13.2 Å². The van der Waals surface area contributed by atoms with Crippen molar-refractivity contribution in [2.24, 2.45) is 0 Å². The summed E-state index contributed by atoms with van der Waals surface area (Å²) in [6.07, 6.45) is -2.51. The summed E-state index contributed by atoms with van der Waals surface area (Å²) in [7, 11) is 0. The zero-order valence-electron chi connectivity index (χ0n) is 16.9. The molecule has 2 N–H and O–H groups in total. The number of rotatable bonds is 2. The number of carbonyl (C=O) groups excluding carboxylic acids is 1. The lowest BCUT2D eigenvalue weighted by molar-refractivity contribution is -0.250. The first-order valence-corrected chi connectivity index (χ1v) is 9.80. The van der Waals surface area contributed by atoms with Gasteiger partial charge in [-0.3, -0.25) is 4.79 Å². The fraction of sp³-hybridized carbons (Fsp3) is 0.667. The van der Waals surface area contributed by atoms with Crippen LogP contribution in [0.15, 0.2) is 12.1 Å². The van der Waals surface area contributed by atoms with Gasteiger partial charge in [-0.05, 0) is 60.4 Å². The van der Waals surface area contributed by atoms with Crippen LogP contribution in [-0.2, 0) is 23.2 Å². The van der Waals surface area contributed by atoms with Crippen molar-refractivity contribution >= 4 is 5.91 Å².